The van der Waals surface area contributed by atoms with Crippen LogP contribution in [0.15, 0.2) is 47.6 Å². The molecule has 0 N–H and O–H groups in total. The van der Waals surface area contributed by atoms with Crippen LogP contribution in [0.2, 0.25) is 0 Å². The van der Waals surface area contributed by atoms with Crippen molar-refractivity contribution in [3.8, 4) is 0 Å². The number of carbonyl (C=O) groups excluding carboxylic acids is 4. The third-order valence-electron chi connectivity index (χ3n) is 2.64. The van der Waals surface area contributed by atoms with E-state index in [9.17, 15) is 19.2 Å². The van der Waals surface area contributed by atoms with E-state index in [1.54, 1.807) is 27.7 Å². The molecule has 0 radical (unpaired) electrons. The molecule has 0 aromatic heterocycles. The summed E-state index contributed by atoms with van der Waals surface area (Å²) >= 11 is 0. The molecular weight excluding hydrogens is 312 g/mol. The van der Waals surface area contributed by atoms with Crippen LogP contribution in [0.25, 0.3) is 0 Å². The molecule has 0 unspecified atom stereocenters. The van der Waals surface area contributed by atoms with Gasteiger partial charge in [-0.05, 0) is 52.0 Å². The van der Waals surface area contributed by atoms with Gasteiger partial charge in [0.15, 0.2) is 11.6 Å². The Hall–Kier alpha value is -2.76. The van der Waals surface area contributed by atoms with Gasteiger partial charge in [-0.1, -0.05) is 0 Å². The summed E-state index contributed by atoms with van der Waals surface area (Å²) < 4.78 is 9.79. The van der Waals surface area contributed by atoms with E-state index >= 15 is 0 Å². The molecular formula is C18H20O6. The third-order valence-corrected chi connectivity index (χ3v) is 2.64. The molecule has 0 saturated carbocycles. The van der Waals surface area contributed by atoms with Crippen LogP contribution >= 0.6 is 0 Å². The summed E-state index contributed by atoms with van der Waals surface area (Å²) in [6.45, 7) is 6.80. The van der Waals surface area contributed by atoms with Crippen LogP contribution in [0, 0.1) is 0 Å². The van der Waals surface area contributed by atoms with Crippen LogP contribution < -0.4 is 0 Å². The van der Waals surface area contributed by atoms with Crippen molar-refractivity contribution in [2.24, 2.45) is 0 Å². The molecule has 0 aromatic rings. The molecule has 1 aliphatic rings. The lowest BCUT2D eigenvalue weighted by atomic mass is 9.96. The van der Waals surface area contributed by atoms with Gasteiger partial charge in [0.1, 0.15) is 0 Å². The highest BCUT2D eigenvalue weighted by atomic mass is 16.5. The molecule has 0 aliphatic heterocycles. The third kappa shape index (κ3) is 6.56. The molecule has 0 aromatic carbocycles. The van der Waals surface area contributed by atoms with Crippen LogP contribution in [0.4, 0.5) is 0 Å². The molecule has 24 heavy (non-hydrogen) atoms. The first-order valence-electron chi connectivity index (χ1n) is 7.48. The molecule has 0 saturated heterocycles. The number of carbonyl (C=O) groups is 4. The van der Waals surface area contributed by atoms with E-state index in [0.717, 1.165) is 24.3 Å². The van der Waals surface area contributed by atoms with Gasteiger partial charge < -0.3 is 9.47 Å². The predicted molar refractivity (Wildman–Crippen MR) is 86.9 cm³/mol. The zero-order valence-corrected chi connectivity index (χ0v) is 14.1. The van der Waals surface area contributed by atoms with Crippen LogP contribution in [-0.2, 0) is 28.7 Å². The fourth-order valence-electron chi connectivity index (χ4n) is 1.71. The van der Waals surface area contributed by atoms with E-state index in [-0.39, 0.29) is 23.4 Å². The highest BCUT2D eigenvalue weighted by Crippen LogP contribution is 2.14. The zero-order valence-electron chi connectivity index (χ0n) is 14.1. The van der Waals surface area contributed by atoms with Gasteiger partial charge in [0.05, 0.1) is 12.2 Å². The first-order chi connectivity index (χ1) is 11.2. The summed E-state index contributed by atoms with van der Waals surface area (Å²) in [4.78, 5) is 46.7. The van der Waals surface area contributed by atoms with Gasteiger partial charge in [-0.25, -0.2) is 9.59 Å². The number of hydrogen-bond acceptors (Lipinski definition) is 6. The van der Waals surface area contributed by atoms with Crippen molar-refractivity contribution in [2.45, 2.75) is 39.9 Å². The lowest BCUT2D eigenvalue weighted by Crippen LogP contribution is -2.13. The summed E-state index contributed by atoms with van der Waals surface area (Å²) in [7, 11) is 0. The number of esters is 2. The number of rotatable bonds is 6. The maximum atomic E-state index is 12.0. The maximum absolute atomic E-state index is 12.0. The Morgan fingerprint density at radius 1 is 0.792 bits per heavy atom. The number of ketones is 2. The highest BCUT2D eigenvalue weighted by Gasteiger charge is 2.17. The lowest BCUT2D eigenvalue weighted by Gasteiger charge is -2.08. The van der Waals surface area contributed by atoms with Crippen LogP contribution in [0.5, 0.6) is 0 Å². The minimum Gasteiger partial charge on any atom is -0.460 e. The maximum Gasteiger partial charge on any atom is 0.331 e. The average Bonchev–Trinajstić information content (AvgIpc) is 2.44. The van der Waals surface area contributed by atoms with Crippen LogP contribution in [0.1, 0.15) is 27.7 Å². The Balaban J connectivity index is 2.77. The van der Waals surface area contributed by atoms with Gasteiger partial charge in [0.2, 0.25) is 0 Å². The normalized spacial score (nSPS) is 15.2. The molecule has 1 aliphatic carbocycles. The van der Waals surface area contributed by atoms with Gasteiger partial charge in [-0.2, -0.15) is 0 Å². The van der Waals surface area contributed by atoms with E-state index in [0.29, 0.717) is 0 Å². The topological polar surface area (TPSA) is 86.7 Å². The van der Waals surface area contributed by atoms with E-state index in [1.807, 2.05) is 0 Å². The molecule has 128 valence electrons. The van der Waals surface area contributed by atoms with Crippen molar-refractivity contribution in [1.82, 2.24) is 0 Å². The minimum absolute atomic E-state index is 0.0719. The van der Waals surface area contributed by atoms with Crippen molar-refractivity contribution in [2.75, 3.05) is 0 Å². The second kappa shape index (κ2) is 8.76. The smallest absolute Gasteiger partial charge is 0.331 e. The molecule has 0 spiro atoms. The summed E-state index contributed by atoms with van der Waals surface area (Å²) in [6, 6.07) is 0. The Morgan fingerprint density at radius 3 is 1.42 bits per heavy atom. The average molecular weight is 332 g/mol. The Bertz CT molecular complexity index is 601. The summed E-state index contributed by atoms with van der Waals surface area (Å²) in [5, 5.41) is 0. The van der Waals surface area contributed by atoms with Gasteiger partial charge in [-0.15, -0.1) is 0 Å². The largest absolute Gasteiger partial charge is 0.460 e. The molecule has 0 atom stereocenters. The first-order valence-corrected chi connectivity index (χ1v) is 7.48. The SMILES string of the molecule is CC(C)OC(=O)/C=C/C1=CC(=O)C(/C=C/C(=O)OC(C)C)=CC1=O. The first kappa shape index (κ1) is 19.3. The Kier molecular flexibility index (Phi) is 7.04. The van der Waals surface area contributed by atoms with Crippen molar-refractivity contribution < 1.29 is 28.7 Å². The van der Waals surface area contributed by atoms with Crippen molar-refractivity contribution in [3.63, 3.8) is 0 Å². The summed E-state index contributed by atoms with van der Waals surface area (Å²) in [5.74, 6) is -2.09. The predicted octanol–water partition coefficient (Wildman–Crippen LogP) is 2.01. The summed E-state index contributed by atoms with van der Waals surface area (Å²) in [6.07, 6.45) is 6.30. The lowest BCUT2D eigenvalue weighted by molar-refractivity contribution is -0.142. The molecule has 0 heterocycles. The Labute approximate surface area is 140 Å². The Morgan fingerprint density at radius 2 is 1.12 bits per heavy atom. The monoisotopic (exact) mass is 332 g/mol. The molecule has 6 heteroatoms. The minimum atomic E-state index is -0.600. The van der Waals surface area contributed by atoms with E-state index < -0.39 is 23.5 Å². The summed E-state index contributed by atoms with van der Waals surface area (Å²) in [5.41, 5.74) is 0.144. The zero-order chi connectivity index (χ0) is 18.3. The van der Waals surface area contributed by atoms with Gasteiger partial charge in [0.25, 0.3) is 0 Å². The fourth-order valence-corrected chi connectivity index (χ4v) is 1.71. The van der Waals surface area contributed by atoms with E-state index in [4.69, 9.17) is 9.47 Å². The van der Waals surface area contributed by atoms with Crippen molar-refractivity contribution >= 4 is 23.5 Å². The highest BCUT2D eigenvalue weighted by molar-refractivity contribution is 6.22. The number of hydrogen-bond donors (Lipinski definition) is 0. The molecule has 0 bridgehead atoms. The van der Waals surface area contributed by atoms with Gasteiger partial charge in [-0.3, -0.25) is 9.59 Å². The standard InChI is InChI=1S/C18H20O6/c1-11(2)23-17(21)7-5-13-9-16(20)14(10-15(13)19)6-8-18(22)24-12(3)4/h5-12H,1-4H3/b7-5+,8-6+. The fraction of sp³-hybridized carbons (Fsp3) is 0.333. The van der Waals surface area contributed by atoms with Crippen molar-refractivity contribution in [1.29, 1.82) is 0 Å². The quantitative estimate of drug-likeness (QED) is 0.420. The molecule has 0 fully saturated rings. The molecule has 0 amide bonds. The van der Waals surface area contributed by atoms with Gasteiger partial charge >= 0.3 is 11.9 Å². The van der Waals surface area contributed by atoms with E-state index in [1.165, 1.54) is 12.2 Å². The van der Waals surface area contributed by atoms with Crippen LogP contribution in [0.3, 0.4) is 0 Å². The molecule has 6 nitrogen and oxygen atoms in total. The number of ether oxygens (including phenoxy) is 2. The second-order valence-electron chi connectivity index (χ2n) is 5.57. The van der Waals surface area contributed by atoms with Gasteiger partial charge in [0, 0.05) is 23.3 Å². The number of allylic oxidation sites excluding steroid dienone is 6. The van der Waals surface area contributed by atoms with E-state index in [2.05, 4.69) is 0 Å². The second-order valence-corrected chi connectivity index (χ2v) is 5.57. The van der Waals surface area contributed by atoms with Crippen molar-refractivity contribution in [3.05, 3.63) is 47.6 Å². The molecule has 1 rings (SSSR count). The van der Waals surface area contributed by atoms with Crippen LogP contribution in [-0.4, -0.2) is 35.7 Å².